The molecule has 1 atom stereocenters. The molecule has 3 heteroatoms. The molecule has 0 aromatic heterocycles. The number of benzene rings is 2. The third kappa shape index (κ3) is 4.59. The topological polar surface area (TPSA) is 21.7 Å². The van der Waals surface area contributed by atoms with Gasteiger partial charge in [-0.3, -0.25) is 0 Å². The summed E-state index contributed by atoms with van der Waals surface area (Å²) < 4.78 is 11.3. The number of hydrogen-bond acceptors (Lipinski definition) is 3. The zero-order valence-corrected chi connectivity index (χ0v) is 13.0. The van der Waals surface area contributed by atoms with E-state index in [4.69, 9.17) is 9.47 Å². The van der Waals surface area contributed by atoms with Crippen LogP contribution in [0.4, 0.5) is 0 Å². The van der Waals surface area contributed by atoms with E-state index in [-0.39, 0.29) is 6.10 Å². The minimum Gasteiger partial charge on any atom is -0.492 e. The molecule has 112 valence electrons. The fourth-order valence-corrected chi connectivity index (χ4v) is 2.18. The van der Waals surface area contributed by atoms with Crippen LogP contribution in [0.5, 0.6) is 5.75 Å². The summed E-state index contributed by atoms with van der Waals surface area (Å²) >= 11 is 0. The van der Waals surface area contributed by atoms with E-state index in [2.05, 4.69) is 29.2 Å². The highest BCUT2D eigenvalue weighted by Gasteiger charge is 2.12. The van der Waals surface area contributed by atoms with Crippen LogP contribution in [0.3, 0.4) is 0 Å². The zero-order valence-electron chi connectivity index (χ0n) is 13.0. The second-order valence-corrected chi connectivity index (χ2v) is 5.25. The summed E-state index contributed by atoms with van der Waals surface area (Å²) in [5.41, 5.74) is 2.28. The summed E-state index contributed by atoms with van der Waals surface area (Å²) in [6.07, 6.45) is -0.0398. The molecule has 1 unspecified atom stereocenters. The number of likely N-dealkylation sites (N-methyl/N-ethyl adjacent to an activating group) is 1. The molecule has 0 aliphatic carbocycles. The van der Waals surface area contributed by atoms with Crippen molar-refractivity contribution in [3.8, 4) is 5.75 Å². The number of rotatable bonds is 7. The standard InChI is InChI=1S/C18H23NO2/c1-19(2)13-14-21-17-11-9-16(10-12-17)18(20-3)15-7-5-4-6-8-15/h4-12,18H,13-14H2,1-3H3. The van der Waals surface area contributed by atoms with E-state index < -0.39 is 0 Å². The van der Waals surface area contributed by atoms with E-state index in [1.807, 2.05) is 44.4 Å². The van der Waals surface area contributed by atoms with Crippen LogP contribution in [0.1, 0.15) is 17.2 Å². The molecule has 3 nitrogen and oxygen atoms in total. The molecule has 0 aliphatic heterocycles. The van der Waals surface area contributed by atoms with Gasteiger partial charge in [0.2, 0.25) is 0 Å². The van der Waals surface area contributed by atoms with E-state index in [0.717, 1.165) is 23.4 Å². The van der Waals surface area contributed by atoms with Gasteiger partial charge in [0.05, 0.1) is 0 Å². The van der Waals surface area contributed by atoms with Gasteiger partial charge in [-0.15, -0.1) is 0 Å². The molecule has 0 spiro atoms. The first-order valence-electron chi connectivity index (χ1n) is 7.16. The Bertz CT molecular complexity index is 523. The summed E-state index contributed by atoms with van der Waals surface area (Å²) in [7, 11) is 5.81. The second kappa shape index (κ2) is 7.81. The second-order valence-electron chi connectivity index (χ2n) is 5.25. The lowest BCUT2D eigenvalue weighted by Crippen LogP contribution is -2.19. The van der Waals surface area contributed by atoms with Gasteiger partial charge in [-0.1, -0.05) is 42.5 Å². The van der Waals surface area contributed by atoms with Crippen LogP contribution in [-0.2, 0) is 4.74 Å². The van der Waals surface area contributed by atoms with Crippen molar-refractivity contribution in [2.45, 2.75) is 6.10 Å². The van der Waals surface area contributed by atoms with Crippen molar-refractivity contribution in [1.29, 1.82) is 0 Å². The van der Waals surface area contributed by atoms with Crippen molar-refractivity contribution >= 4 is 0 Å². The minimum absolute atomic E-state index is 0.0398. The fourth-order valence-electron chi connectivity index (χ4n) is 2.18. The predicted molar refractivity (Wildman–Crippen MR) is 85.8 cm³/mol. The van der Waals surface area contributed by atoms with Crippen molar-refractivity contribution in [3.63, 3.8) is 0 Å². The smallest absolute Gasteiger partial charge is 0.119 e. The minimum atomic E-state index is -0.0398. The van der Waals surface area contributed by atoms with Crippen molar-refractivity contribution in [2.24, 2.45) is 0 Å². The Morgan fingerprint density at radius 3 is 2.10 bits per heavy atom. The lowest BCUT2D eigenvalue weighted by Gasteiger charge is -2.17. The SMILES string of the molecule is COC(c1ccccc1)c1ccc(OCCN(C)C)cc1. The zero-order chi connectivity index (χ0) is 15.1. The van der Waals surface area contributed by atoms with Crippen molar-refractivity contribution < 1.29 is 9.47 Å². The molecule has 0 N–H and O–H groups in total. The highest BCUT2D eigenvalue weighted by atomic mass is 16.5. The lowest BCUT2D eigenvalue weighted by atomic mass is 10.0. The summed E-state index contributed by atoms with van der Waals surface area (Å²) in [5.74, 6) is 0.892. The average molecular weight is 285 g/mol. The molecule has 0 amide bonds. The summed E-state index contributed by atoms with van der Waals surface area (Å²) in [5, 5.41) is 0. The largest absolute Gasteiger partial charge is 0.492 e. The van der Waals surface area contributed by atoms with Gasteiger partial charge in [0.1, 0.15) is 18.5 Å². The van der Waals surface area contributed by atoms with Crippen molar-refractivity contribution in [3.05, 3.63) is 65.7 Å². The van der Waals surface area contributed by atoms with Gasteiger partial charge in [0, 0.05) is 13.7 Å². The molecular formula is C18H23NO2. The quantitative estimate of drug-likeness (QED) is 0.778. The third-order valence-electron chi connectivity index (χ3n) is 3.33. The summed E-state index contributed by atoms with van der Waals surface area (Å²) in [4.78, 5) is 2.10. The van der Waals surface area contributed by atoms with E-state index in [9.17, 15) is 0 Å². The first-order valence-corrected chi connectivity index (χ1v) is 7.16. The maximum Gasteiger partial charge on any atom is 0.119 e. The molecule has 2 aromatic rings. The van der Waals surface area contributed by atoms with Crippen LogP contribution in [-0.4, -0.2) is 39.3 Å². The third-order valence-corrected chi connectivity index (χ3v) is 3.33. The van der Waals surface area contributed by atoms with Crippen LogP contribution >= 0.6 is 0 Å². The molecule has 0 fully saturated rings. The highest BCUT2D eigenvalue weighted by molar-refractivity contribution is 5.34. The van der Waals surface area contributed by atoms with Crippen molar-refractivity contribution in [1.82, 2.24) is 4.90 Å². The van der Waals surface area contributed by atoms with Crippen molar-refractivity contribution in [2.75, 3.05) is 34.4 Å². The molecular weight excluding hydrogens is 262 g/mol. The molecule has 0 saturated heterocycles. The van der Waals surface area contributed by atoms with Gasteiger partial charge >= 0.3 is 0 Å². The van der Waals surface area contributed by atoms with Gasteiger partial charge in [-0.2, -0.15) is 0 Å². The molecule has 2 aromatic carbocycles. The van der Waals surface area contributed by atoms with Crippen LogP contribution in [0.15, 0.2) is 54.6 Å². The number of ether oxygens (including phenoxy) is 2. The van der Waals surface area contributed by atoms with Crippen LogP contribution in [0, 0.1) is 0 Å². The van der Waals surface area contributed by atoms with Crippen LogP contribution in [0.25, 0.3) is 0 Å². The number of nitrogens with zero attached hydrogens (tertiary/aromatic N) is 1. The predicted octanol–water partition coefficient (Wildman–Crippen LogP) is 3.36. The first-order chi connectivity index (χ1) is 10.2. The molecule has 0 aliphatic rings. The summed E-state index contributed by atoms with van der Waals surface area (Å²) in [6.45, 7) is 1.60. The Kier molecular flexibility index (Phi) is 5.78. The summed E-state index contributed by atoms with van der Waals surface area (Å²) in [6, 6.07) is 18.3. The molecule has 0 saturated carbocycles. The highest BCUT2D eigenvalue weighted by Crippen LogP contribution is 2.26. The van der Waals surface area contributed by atoms with E-state index in [1.165, 1.54) is 0 Å². The Morgan fingerprint density at radius 1 is 0.905 bits per heavy atom. The molecule has 21 heavy (non-hydrogen) atoms. The number of methoxy groups -OCH3 is 1. The van der Waals surface area contributed by atoms with Gasteiger partial charge in [-0.25, -0.2) is 0 Å². The average Bonchev–Trinajstić information content (AvgIpc) is 2.50. The molecule has 0 radical (unpaired) electrons. The van der Waals surface area contributed by atoms with Crippen LogP contribution < -0.4 is 4.74 Å². The monoisotopic (exact) mass is 285 g/mol. The van der Waals surface area contributed by atoms with Crippen LogP contribution in [0.2, 0.25) is 0 Å². The normalized spacial score (nSPS) is 12.4. The van der Waals surface area contributed by atoms with Gasteiger partial charge < -0.3 is 14.4 Å². The fraction of sp³-hybridized carbons (Fsp3) is 0.333. The van der Waals surface area contributed by atoms with Gasteiger partial charge in [0.15, 0.2) is 0 Å². The van der Waals surface area contributed by atoms with E-state index >= 15 is 0 Å². The number of hydrogen-bond donors (Lipinski definition) is 0. The lowest BCUT2D eigenvalue weighted by molar-refractivity contribution is 0.136. The van der Waals surface area contributed by atoms with E-state index in [1.54, 1.807) is 7.11 Å². The van der Waals surface area contributed by atoms with Gasteiger partial charge in [0.25, 0.3) is 0 Å². The Balaban J connectivity index is 2.03. The maximum atomic E-state index is 5.71. The first kappa shape index (κ1) is 15.5. The Hall–Kier alpha value is -1.84. The maximum absolute atomic E-state index is 5.71. The van der Waals surface area contributed by atoms with Gasteiger partial charge in [-0.05, 0) is 37.4 Å². The van der Waals surface area contributed by atoms with E-state index in [0.29, 0.717) is 6.61 Å². The molecule has 0 heterocycles. The molecule has 2 rings (SSSR count). The molecule has 0 bridgehead atoms. The Morgan fingerprint density at radius 2 is 1.52 bits per heavy atom. The Labute approximate surface area is 127 Å².